The van der Waals surface area contributed by atoms with Gasteiger partial charge in [0.15, 0.2) is 0 Å². The summed E-state index contributed by atoms with van der Waals surface area (Å²) in [4.78, 5) is 12.3. The Labute approximate surface area is 126 Å². The standard InChI is InChI=1S/C13H14Cl2N4O/c1-3-19-12(11(16)7(2)18-19)13(20)17-8-4-5-9(14)10(15)6-8/h4-6H,3,16H2,1-2H3,(H,17,20). The Morgan fingerprint density at radius 2 is 2.10 bits per heavy atom. The molecule has 3 N–H and O–H groups in total. The van der Waals surface area contributed by atoms with Crippen LogP contribution in [0.4, 0.5) is 11.4 Å². The van der Waals surface area contributed by atoms with Gasteiger partial charge >= 0.3 is 0 Å². The van der Waals surface area contributed by atoms with E-state index >= 15 is 0 Å². The number of carbonyl (C=O) groups excluding carboxylic acids is 1. The minimum atomic E-state index is -0.330. The average molecular weight is 313 g/mol. The Bertz CT molecular complexity index is 667. The van der Waals surface area contributed by atoms with Crippen LogP contribution in [0.2, 0.25) is 10.0 Å². The van der Waals surface area contributed by atoms with Crippen LogP contribution in [0.15, 0.2) is 18.2 Å². The Morgan fingerprint density at radius 3 is 2.70 bits per heavy atom. The second-order valence-corrected chi connectivity index (χ2v) is 5.06. The Kier molecular flexibility index (Phi) is 4.20. The van der Waals surface area contributed by atoms with Crippen molar-refractivity contribution >= 4 is 40.5 Å². The van der Waals surface area contributed by atoms with Crippen molar-refractivity contribution in [1.29, 1.82) is 0 Å². The van der Waals surface area contributed by atoms with Gasteiger partial charge in [-0.15, -0.1) is 0 Å². The summed E-state index contributed by atoms with van der Waals surface area (Å²) < 4.78 is 1.57. The van der Waals surface area contributed by atoms with Crippen LogP contribution in [0, 0.1) is 6.92 Å². The monoisotopic (exact) mass is 312 g/mol. The lowest BCUT2D eigenvalue weighted by atomic mass is 10.2. The van der Waals surface area contributed by atoms with E-state index in [-0.39, 0.29) is 5.91 Å². The molecule has 0 bridgehead atoms. The van der Waals surface area contributed by atoms with Crippen molar-refractivity contribution in [3.8, 4) is 0 Å². The highest BCUT2D eigenvalue weighted by Crippen LogP contribution is 2.26. The first-order chi connectivity index (χ1) is 9.43. The summed E-state index contributed by atoms with van der Waals surface area (Å²) in [6.07, 6.45) is 0. The molecule has 0 saturated heterocycles. The van der Waals surface area contributed by atoms with E-state index < -0.39 is 0 Å². The summed E-state index contributed by atoms with van der Waals surface area (Å²) in [6.45, 7) is 4.21. The molecular weight excluding hydrogens is 299 g/mol. The topological polar surface area (TPSA) is 72.9 Å². The van der Waals surface area contributed by atoms with Gasteiger partial charge in [-0.1, -0.05) is 23.2 Å². The quantitative estimate of drug-likeness (QED) is 0.912. The van der Waals surface area contributed by atoms with Crippen LogP contribution in [0.1, 0.15) is 23.1 Å². The summed E-state index contributed by atoms with van der Waals surface area (Å²) in [6, 6.07) is 4.87. The molecule has 0 aliphatic carbocycles. The lowest BCUT2D eigenvalue weighted by Crippen LogP contribution is -2.18. The number of amides is 1. The van der Waals surface area contributed by atoms with Crippen LogP contribution in [0.5, 0.6) is 0 Å². The van der Waals surface area contributed by atoms with Gasteiger partial charge in [0.2, 0.25) is 0 Å². The molecule has 0 spiro atoms. The van der Waals surface area contributed by atoms with Crippen LogP contribution in [0.3, 0.4) is 0 Å². The number of hydrogen-bond donors (Lipinski definition) is 2. The third-order valence-corrected chi connectivity index (χ3v) is 3.60. The Balaban J connectivity index is 2.30. The largest absolute Gasteiger partial charge is 0.395 e. The van der Waals surface area contributed by atoms with Gasteiger partial charge in [-0.25, -0.2) is 0 Å². The van der Waals surface area contributed by atoms with Gasteiger partial charge in [0.25, 0.3) is 5.91 Å². The highest BCUT2D eigenvalue weighted by atomic mass is 35.5. The van der Waals surface area contributed by atoms with Gasteiger partial charge in [0.1, 0.15) is 5.69 Å². The smallest absolute Gasteiger partial charge is 0.276 e. The van der Waals surface area contributed by atoms with Crippen LogP contribution in [0.25, 0.3) is 0 Å². The van der Waals surface area contributed by atoms with E-state index in [1.54, 1.807) is 29.8 Å². The van der Waals surface area contributed by atoms with Crippen LogP contribution in [-0.4, -0.2) is 15.7 Å². The van der Waals surface area contributed by atoms with E-state index in [9.17, 15) is 4.79 Å². The number of nitrogens with two attached hydrogens (primary N) is 1. The van der Waals surface area contributed by atoms with E-state index in [2.05, 4.69) is 10.4 Å². The summed E-state index contributed by atoms with van der Waals surface area (Å²) in [5.41, 5.74) is 7.80. The molecule has 0 saturated carbocycles. The predicted molar refractivity (Wildman–Crippen MR) is 81.5 cm³/mol. The van der Waals surface area contributed by atoms with Crippen molar-refractivity contribution in [2.75, 3.05) is 11.1 Å². The summed E-state index contributed by atoms with van der Waals surface area (Å²) in [5.74, 6) is -0.330. The summed E-state index contributed by atoms with van der Waals surface area (Å²) in [7, 11) is 0. The van der Waals surface area contributed by atoms with E-state index in [1.165, 1.54) is 0 Å². The number of rotatable bonds is 3. The highest BCUT2D eigenvalue weighted by Gasteiger charge is 2.19. The third kappa shape index (κ3) is 2.73. The molecule has 106 valence electrons. The molecule has 1 aromatic heterocycles. The lowest BCUT2D eigenvalue weighted by molar-refractivity contribution is 0.101. The Morgan fingerprint density at radius 1 is 1.40 bits per heavy atom. The number of nitrogens with one attached hydrogen (secondary N) is 1. The zero-order valence-corrected chi connectivity index (χ0v) is 12.6. The average Bonchev–Trinajstić information content (AvgIpc) is 2.69. The summed E-state index contributed by atoms with van der Waals surface area (Å²) >= 11 is 11.7. The van der Waals surface area contributed by atoms with E-state index in [4.69, 9.17) is 28.9 Å². The number of halogens is 2. The lowest BCUT2D eigenvalue weighted by Gasteiger charge is -2.08. The molecule has 0 atom stereocenters. The fraction of sp³-hybridized carbons (Fsp3) is 0.231. The fourth-order valence-corrected chi connectivity index (χ4v) is 2.13. The SMILES string of the molecule is CCn1nc(C)c(N)c1C(=O)Nc1ccc(Cl)c(Cl)c1. The van der Waals surface area contributed by atoms with Gasteiger partial charge in [-0.05, 0) is 32.0 Å². The van der Waals surface area contributed by atoms with E-state index in [0.717, 1.165) is 0 Å². The normalized spacial score (nSPS) is 10.6. The number of benzene rings is 1. The number of hydrogen-bond acceptors (Lipinski definition) is 3. The number of nitrogens with zero attached hydrogens (tertiary/aromatic N) is 2. The van der Waals surface area contributed by atoms with Crippen LogP contribution >= 0.6 is 23.2 Å². The number of aromatic nitrogens is 2. The van der Waals surface area contributed by atoms with Crippen molar-refractivity contribution in [3.63, 3.8) is 0 Å². The van der Waals surface area contributed by atoms with E-state index in [0.29, 0.717) is 39.4 Å². The number of nitrogen functional groups attached to an aromatic ring is 1. The van der Waals surface area contributed by atoms with Crippen molar-refractivity contribution in [3.05, 3.63) is 39.6 Å². The first kappa shape index (κ1) is 14.7. The molecule has 0 unspecified atom stereocenters. The molecule has 0 aliphatic rings. The molecule has 2 aromatic rings. The van der Waals surface area contributed by atoms with Gasteiger partial charge in [0, 0.05) is 12.2 Å². The zero-order valence-electron chi connectivity index (χ0n) is 11.1. The summed E-state index contributed by atoms with van der Waals surface area (Å²) in [5, 5.41) is 7.74. The highest BCUT2D eigenvalue weighted by molar-refractivity contribution is 6.42. The molecule has 7 heteroatoms. The molecule has 1 aromatic carbocycles. The van der Waals surface area contributed by atoms with Crippen molar-refractivity contribution < 1.29 is 4.79 Å². The van der Waals surface area contributed by atoms with Crippen LogP contribution < -0.4 is 11.1 Å². The maximum absolute atomic E-state index is 12.3. The zero-order chi connectivity index (χ0) is 14.9. The van der Waals surface area contributed by atoms with Gasteiger partial charge in [0.05, 0.1) is 21.4 Å². The molecular formula is C13H14Cl2N4O. The minimum absolute atomic E-state index is 0.330. The number of anilines is 2. The number of carbonyl (C=O) groups is 1. The third-order valence-electron chi connectivity index (χ3n) is 2.87. The molecule has 0 fully saturated rings. The maximum atomic E-state index is 12.3. The van der Waals surface area contributed by atoms with Gasteiger partial charge in [-0.2, -0.15) is 5.10 Å². The first-order valence-corrected chi connectivity index (χ1v) is 6.79. The fourth-order valence-electron chi connectivity index (χ4n) is 1.83. The minimum Gasteiger partial charge on any atom is -0.395 e. The number of aryl methyl sites for hydroxylation is 2. The molecule has 1 heterocycles. The molecule has 20 heavy (non-hydrogen) atoms. The van der Waals surface area contributed by atoms with Crippen LogP contribution in [-0.2, 0) is 6.54 Å². The molecule has 2 rings (SSSR count). The predicted octanol–water partition coefficient (Wildman–Crippen LogP) is 3.35. The van der Waals surface area contributed by atoms with Gasteiger partial charge in [-0.3, -0.25) is 9.48 Å². The van der Waals surface area contributed by atoms with Crippen molar-refractivity contribution in [2.24, 2.45) is 0 Å². The molecule has 0 aliphatic heterocycles. The second kappa shape index (κ2) is 5.73. The van der Waals surface area contributed by atoms with E-state index in [1.807, 2.05) is 6.92 Å². The molecule has 0 radical (unpaired) electrons. The maximum Gasteiger partial charge on any atom is 0.276 e. The molecule has 5 nitrogen and oxygen atoms in total. The first-order valence-electron chi connectivity index (χ1n) is 6.03. The van der Waals surface area contributed by atoms with Crippen molar-refractivity contribution in [1.82, 2.24) is 9.78 Å². The second-order valence-electron chi connectivity index (χ2n) is 4.25. The van der Waals surface area contributed by atoms with Gasteiger partial charge < -0.3 is 11.1 Å². The Hall–Kier alpha value is -1.72. The molecule has 1 amide bonds. The van der Waals surface area contributed by atoms with Crippen molar-refractivity contribution in [2.45, 2.75) is 20.4 Å².